The summed E-state index contributed by atoms with van der Waals surface area (Å²) in [6.45, 7) is 1.33. The Morgan fingerprint density at radius 3 is 2.48 bits per heavy atom. The number of likely N-dealkylation sites (tertiary alicyclic amines) is 1. The molecule has 2 N–H and O–H groups in total. The van der Waals surface area contributed by atoms with E-state index in [9.17, 15) is 4.79 Å². The first-order valence-corrected chi connectivity index (χ1v) is 9.01. The third-order valence-electron chi connectivity index (χ3n) is 4.37. The lowest BCUT2D eigenvalue weighted by Crippen LogP contribution is -2.33. The number of nitrogens with zero attached hydrogens (tertiary/aromatic N) is 1. The second-order valence-electron chi connectivity index (χ2n) is 5.94. The summed E-state index contributed by atoms with van der Waals surface area (Å²) >= 11 is 1.55. The van der Waals surface area contributed by atoms with Gasteiger partial charge in [0.1, 0.15) is 5.75 Å². The molecule has 1 amide bonds. The molecule has 0 spiro atoms. The number of methoxy groups -OCH3 is 1. The monoisotopic (exact) mass is 378 g/mol. The number of carbonyl (C=O) groups excluding carboxylic acids is 1. The van der Waals surface area contributed by atoms with Crippen molar-refractivity contribution in [2.75, 3.05) is 26.0 Å². The van der Waals surface area contributed by atoms with Crippen LogP contribution in [0.2, 0.25) is 0 Å². The second kappa shape index (κ2) is 9.13. The molecule has 3 rings (SSSR count). The number of hydrogen-bond donors (Lipinski definition) is 1. The minimum absolute atomic E-state index is 0. The fourth-order valence-electron chi connectivity index (χ4n) is 2.99. The summed E-state index contributed by atoms with van der Waals surface area (Å²) in [6.07, 6.45) is 0. The molecule has 4 nitrogen and oxygen atoms in total. The van der Waals surface area contributed by atoms with E-state index in [1.165, 1.54) is 5.56 Å². The largest absolute Gasteiger partial charge is 0.497 e. The number of amides is 1. The number of benzene rings is 2. The Kier molecular flexibility index (Phi) is 7.17. The first-order chi connectivity index (χ1) is 11.7. The Hall–Kier alpha value is -1.69. The van der Waals surface area contributed by atoms with Crippen LogP contribution in [0.25, 0.3) is 0 Å². The molecule has 0 aromatic heterocycles. The Morgan fingerprint density at radius 1 is 1.16 bits per heavy atom. The average Bonchev–Trinajstić information content (AvgIpc) is 3.02. The zero-order valence-corrected chi connectivity index (χ0v) is 15.8. The van der Waals surface area contributed by atoms with Crippen molar-refractivity contribution in [3.05, 3.63) is 60.2 Å². The summed E-state index contributed by atoms with van der Waals surface area (Å²) < 4.78 is 5.14. The van der Waals surface area contributed by atoms with Gasteiger partial charge < -0.3 is 15.4 Å². The van der Waals surface area contributed by atoms with Gasteiger partial charge in [0.05, 0.1) is 12.9 Å². The van der Waals surface area contributed by atoms with Gasteiger partial charge in [-0.15, -0.1) is 24.2 Å². The maximum atomic E-state index is 12.5. The molecule has 2 atom stereocenters. The van der Waals surface area contributed by atoms with E-state index in [2.05, 4.69) is 12.1 Å². The molecular formula is C19H23ClN2O2S. The van der Waals surface area contributed by atoms with Gasteiger partial charge in [0, 0.05) is 29.9 Å². The van der Waals surface area contributed by atoms with Crippen molar-refractivity contribution in [1.82, 2.24) is 4.90 Å². The van der Waals surface area contributed by atoms with Crippen molar-refractivity contribution in [3.8, 4) is 5.75 Å². The third kappa shape index (κ3) is 4.91. The third-order valence-corrected chi connectivity index (χ3v) is 5.36. The first kappa shape index (κ1) is 19.6. The smallest absolute Gasteiger partial charge is 0.233 e. The van der Waals surface area contributed by atoms with Crippen LogP contribution in [0.1, 0.15) is 11.5 Å². The highest BCUT2D eigenvalue weighted by Gasteiger charge is 2.33. The van der Waals surface area contributed by atoms with Gasteiger partial charge in [-0.05, 0) is 29.8 Å². The van der Waals surface area contributed by atoms with Crippen LogP contribution in [0.5, 0.6) is 5.75 Å². The van der Waals surface area contributed by atoms with E-state index in [0.717, 1.165) is 10.6 Å². The first-order valence-electron chi connectivity index (χ1n) is 8.02. The molecule has 0 bridgehead atoms. The van der Waals surface area contributed by atoms with Crippen LogP contribution in [-0.2, 0) is 4.79 Å². The summed E-state index contributed by atoms with van der Waals surface area (Å²) in [6, 6.07) is 18.0. The van der Waals surface area contributed by atoms with Crippen molar-refractivity contribution >= 4 is 30.1 Å². The Balaban J connectivity index is 0.00000225. The number of nitrogens with two attached hydrogens (primary N) is 1. The molecule has 2 aromatic carbocycles. The summed E-state index contributed by atoms with van der Waals surface area (Å²) in [5.74, 6) is 1.62. The summed E-state index contributed by atoms with van der Waals surface area (Å²) in [5, 5.41) is 0. The minimum atomic E-state index is 0. The standard InChI is InChI=1S/C19H22N2O2S.ClH/c1-23-15-7-9-16(10-8-15)24-13-19(22)21-11-17(18(20)12-21)14-5-3-2-4-6-14;/h2-10,17-18H,11-13,20H2,1H3;1H/t17-,18+;/m0./s1. The Labute approximate surface area is 159 Å². The lowest BCUT2D eigenvalue weighted by molar-refractivity contribution is -0.127. The van der Waals surface area contributed by atoms with Crippen molar-refractivity contribution in [2.24, 2.45) is 5.73 Å². The van der Waals surface area contributed by atoms with E-state index >= 15 is 0 Å². The SMILES string of the molecule is COc1ccc(SCC(=O)N2C[C@@H](N)[C@H](c3ccccc3)C2)cc1.Cl. The lowest BCUT2D eigenvalue weighted by atomic mass is 9.95. The van der Waals surface area contributed by atoms with Gasteiger partial charge in [0.2, 0.25) is 5.91 Å². The van der Waals surface area contributed by atoms with Crippen molar-refractivity contribution < 1.29 is 9.53 Å². The van der Waals surface area contributed by atoms with Gasteiger partial charge in [-0.25, -0.2) is 0 Å². The van der Waals surface area contributed by atoms with Gasteiger partial charge in [0.15, 0.2) is 0 Å². The van der Waals surface area contributed by atoms with E-state index < -0.39 is 0 Å². The minimum Gasteiger partial charge on any atom is -0.497 e. The molecular weight excluding hydrogens is 356 g/mol. The number of halogens is 1. The zero-order chi connectivity index (χ0) is 16.9. The van der Waals surface area contributed by atoms with Crippen LogP contribution >= 0.6 is 24.2 Å². The molecule has 0 radical (unpaired) electrons. The number of thioether (sulfide) groups is 1. The second-order valence-corrected chi connectivity index (χ2v) is 6.99. The summed E-state index contributed by atoms with van der Waals surface area (Å²) in [5.41, 5.74) is 7.48. The lowest BCUT2D eigenvalue weighted by Gasteiger charge is -2.16. The van der Waals surface area contributed by atoms with E-state index in [0.29, 0.717) is 18.8 Å². The Morgan fingerprint density at radius 2 is 1.84 bits per heavy atom. The highest BCUT2D eigenvalue weighted by molar-refractivity contribution is 8.00. The average molecular weight is 379 g/mol. The summed E-state index contributed by atoms with van der Waals surface area (Å²) in [4.78, 5) is 15.4. The van der Waals surface area contributed by atoms with Gasteiger partial charge in [-0.2, -0.15) is 0 Å². The van der Waals surface area contributed by atoms with Crippen LogP contribution in [-0.4, -0.2) is 42.8 Å². The number of rotatable bonds is 5. The summed E-state index contributed by atoms with van der Waals surface area (Å²) in [7, 11) is 1.64. The van der Waals surface area contributed by atoms with Crippen molar-refractivity contribution in [2.45, 2.75) is 16.9 Å². The molecule has 0 aliphatic carbocycles. The van der Waals surface area contributed by atoms with E-state index in [-0.39, 0.29) is 30.3 Å². The van der Waals surface area contributed by atoms with Crippen LogP contribution in [0, 0.1) is 0 Å². The van der Waals surface area contributed by atoms with E-state index in [1.54, 1.807) is 18.9 Å². The molecule has 1 heterocycles. The van der Waals surface area contributed by atoms with Crippen LogP contribution < -0.4 is 10.5 Å². The molecule has 134 valence electrons. The predicted octanol–water partition coefficient (Wildman–Crippen LogP) is 3.16. The quantitative estimate of drug-likeness (QED) is 0.812. The van der Waals surface area contributed by atoms with Gasteiger partial charge >= 0.3 is 0 Å². The number of ether oxygens (including phenoxy) is 1. The molecule has 6 heteroatoms. The maximum Gasteiger partial charge on any atom is 0.233 e. The highest BCUT2D eigenvalue weighted by atomic mass is 35.5. The number of hydrogen-bond acceptors (Lipinski definition) is 4. The van der Waals surface area contributed by atoms with Crippen LogP contribution in [0.15, 0.2) is 59.5 Å². The molecule has 1 saturated heterocycles. The molecule has 0 unspecified atom stereocenters. The molecule has 1 fully saturated rings. The van der Waals surface area contributed by atoms with Gasteiger partial charge in [-0.3, -0.25) is 4.79 Å². The molecule has 0 saturated carbocycles. The number of carbonyl (C=O) groups is 1. The maximum absolute atomic E-state index is 12.5. The van der Waals surface area contributed by atoms with Gasteiger partial charge in [0.25, 0.3) is 0 Å². The predicted molar refractivity (Wildman–Crippen MR) is 105 cm³/mol. The molecule has 25 heavy (non-hydrogen) atoms. The van der Waals surface area contributed by atoms with Crippen molar-refractivity contribution in [3.63, 3.8) is 0 Å². The normalized spacial score (nSPS) is 19.4. The fourth-order valence-corrected chi connectivity index (χ4v) is 3.80. The van der Waals surface area contributed by atoms with E-state index in [1.807, 2.05) is 47.4 Å². The molecule has 2 aromatic rings. The highest BCUT2D eigenvalue weighted by Crippen LogP contribution is 2.28. The van der Waals surface area contributed by atoms with E-state index in [4.69, 9.17) is 10.5 Å². The molecule has 1 aliphatic rings. The zero-order valence-electron chi connectivity index (χ0n) is 14.1. The Bertz CT molecular complexity index is 682. The van der Waals surface area contributed by atoms with Gasteiger partial charge in [-0.1, -0.05) is 30.3 Å². The van der Waals surface area contributed by atoms with Crippen LogP contribution in [0.4, 0.5) is 0 Å². The topological polar surface area (TPSA) is 55.6 Å². The molecule has 1 aliphatic heterocycles. The van der Waals surface area contributed by atoms with Crippen LogP contribution in [0.3, 0.4) is 0 Å². The van der Waals surface area contributed by atoms with Crippen molar-refractivity contribution in [1.29, 1.82) is 0 Å². The fraction of sp³-hybridized carbons (Fsp3) is 0.316.